The molecule has 0 spiro atoms. The van der Waals surface area contributed by atoms with Crippen molar-refractivity contribution in [3.05, 3.63) is 82.1 Å². The van der Waals surface area contributed by atoms with Gasteiger partial charge in [0.1, 0.15) is 0 Å². The lowest BCUT2D eigenvalue weighted by molar-refractivity contribution is 0.875. The van der Waals surface area contributed by atoms with Crippen LogP contribution in [0.1, 0.15) is 60.4 Å². The summed E-state index contributed by atoms with van der Waals surface area (Å²) in [6.07, 6.45) is 6.40. The number of hydrogen-bond donors (Lipinski definition) is 0. The molecule has 126 valence electrons. The SMILES string of the molecule is CC=N/C(=C\CCC)C(c1cccc(C)c1)c1cccc(C)c1C. The van der Waals surface area contributed by atoms with Crippen LogP contribution in [0.15, 0.2) is 59.2 Å². The van der Waals surface area contributed by atoms with Crippen LogP contribution in [0.3, 0.4) is 0 Å². The maximum absolute atomic E-state index is 4.75. The van der Waals surface area contributed by atoms with E-state index in [0.29, 0.717) is 0 Å². The number of aryl methyl sites for hydroxylation is 2. The van der Waals surface area contributed by atoms with Crippen LogP contribution in [0.4, 0.5) is 0 Å². The van der Waals surface area contributed by atoms with Gasteiger partial charge in [-0.2, -0.15) is 0 Å². The number of benzene rings is 2. The molecule has 1 heteroatoms. The molecule has 0 amide bonds. The fourth-order valence-electron chi connectivity index (χ4n) is 3.13. The molecule has 0 bridgehead atoms. The zero-order valence-corrected chi connectivity index (χ0v) is 15.6. The Bertz CT molecular complexity index is 737. The first kappa shape index (κ1) is 18.2. The average molecular weight is 319 g/mol. The van der Waals surface area contributed by atoms with Crippen molar-refractivity contribution in [1.29, 1.82) is 0 Å². The molecule has 1 atom stereocenters. The minimum atomic E-state index is 0.188. The fourth-order valence-corrected chi connectivity index (χ4v) is 3.13. The quantitative estimate of drug-likeness (QED) is 0.537. The Hall–Kier alpha value is -2.15. The predicted octanol–water partition coefficient (Wildman–Crippen LogP) is 6.52. The third-order valence-corrected chi connectivity index (χ3v) is 4.55. The second-order valence-corrected chi connectivity index (χ2v) is 6.44. The Morgan fingerprint density at radius 1 is 1.08 bits per heavy atom. The van der Waals surface area contributed by atoms with Crippen LogP contribution in [-0.2, 0) is 0 Å². The van der Waals surface area contributed by atoms with Gasteiger partial charge in [0.05, 0.1) is 5.92 Å². The van der Waals surface area contributed by atoms with Crippen LogP contribution in [-0.4, -0.2) is 6.21 Å². The van der Waals surface area contributed by atoms with Crippen LogP contribution in [0, 0.1) is 20.8 Å². The van der Waals surface area contributed by atoms with Crippen LogP contribution in [0.2, 0.25) is 0 Å². The highest BCUT2D eigenvalue weighted by atomic mass is 14.7. The van der Waals surface area contributed by atoms with Crippen molar-refractivity contribution in [1.82, 2.24) is 0 Å². The van der Waals surface area contributed by atoms with Gasteiger partial charge in [-0.1, -0.05) is 67.4 Å². The number of hydrogen-bond acceptors (Lipinski definition) is 1. The van der Waals surface area contributed by atoms with E-state index in [1.54, 1.807) is 0 Å². The normalized spacial score (nSPS) is 13.5. The second-order valence-electron chi connectivity index (χ2n) is 6.44. The summed E-state index contributed by atoms with van der Waals surface area (Å²) in [5.41, 5.74) is 7.81. The highest BCUT2D eigenvalue weighted by molar-refractivity contribution is 5.57. The predicted molar refractivity (Wildman–Crippen MR) is 106 cm³/mol. The lowest BCUT2D eigenvalue weighted by Crippen LogP contribution is -2.07. The summed E-state index contributed by atoms with van der Waals surface area (Å²) < 4.78 is 0. The monoisotopic (exact) mass is 319 g/mol. The number of nitrogens with zero attached hydrogens (tertiary/aromatic N) is 1. The van der Waals surface area contributed by atoms with Gasteiger partial charge in [-0.15, -0.1) is 0 Å². The number of aliphatic imine (C=N–C) groups is 1. The molecule has 2 rings (SSSR count). The van der Waals surface area contributed by atoms with Crippen LogP contribution < -0.4 is 0 Å². The first-order valence-corrected chi connectivity index (χ1v) is 8.89. The highest BCUT2D eigenvalue weighted by Crippen LogP contribution is 2.36. The molecule has 0 N–H and O–H groups in total. The smallest absolute Gasteiger partial charge is 0.0512 e. The summed E-state index contributed by atoms with van der Waals surface area (Å²) in [6.45, 7) is 10.8. The molecular weight excluding hydrogens is 290 g/mol. The standard InChI is InChI=1S/C23H29N/c1-6-8-15-22(24-7-2)23(20-13-9-11-17(3)16-20)21-14-10-12-18(4)19(21)5/h7,9-16,23H,6,8H2,1-5H3/b22-15-,24-7?. The largest absolute Gasteiger partial charge is 0.265 e. The van der Waals surface area contributed by atoms with Gasteiger partial charge in [-0.3, -0.25) is 4.99 Å². The third kappa shape index (κ3) is 4.23. The number of unbranched alkanes of at least 4 members (excludes halogenated alkanes) is 1. The summed E-state index contributed by atoms with van der Waals surface area (Å²) in [6, 6.07) is 15.4. The van der Waals surface area contributed by atoms with E-state index in [0.717, 1.165) is 18.5 Å². The molecule has 0 fully saturated rings. The number of allylic oxidation sites excluding steroid dienone is 2. The van der Waals surface area contributed by atoms with Crippen LogP contribution >= 0.6 is 0 Å². The van der Waals surface area contributed by atoms with E-state index < -0.39 is 0 Å². The van der Waals surface area contributed by atoms with Crippen molar-refractivity contribution in [3.8, 4) is 0 Å². The number of rotatable bonds is 6. The van der Waals surface area contributed by atoms with Gasteiger partial charge in [-0.05, 0) is 56.4 Å². The van der Waals surface area contributed by atoms with Crippen molar-refractivity contribution in [2.75, 3.05) is 0 Å². The van der Waals surface area contributed by atoms with Crippen molar-refractivity contribution in [2.45, 2.75) is 53.4 Å². The third-order valence-electron chi connectivity index (χ3n) is 4.55. The molecule has 0 aliphatic carbocycles. The molecule has 0 radical (unpaired) electrons. The van der Waals surface area contributed by atoms with Gasteiger partial charge in [-0.25, -0.2) is 0 Å². The van der Waals surface area contributed by atoms with E-state index in [1.165, 1.54) is 27.8 Å². The Morgan fingerprint density at radius 3 is 2.50 bits per heavy atom. The Labute approximate surface area is 147 Å². The minimum absolute atomic E-state index is 0.188. The molecule has 0 heterocycles. The van der Waals surface area contributed by atoms with Crippen molar-refractivity contribution in [2.24, 2.45) is 4.99 Å². The van der Waals surface area contributed by atoms with Crippen molar-refractivity contribution in [3.63, 3.8) is 0 Å². The topological polar surface area (TPSA) is 12.4 Å². The molecule has 2 aromatic carbocycles. The second kappa shape index (κ2) is 8.63. The van der Waals surface area contributed by atoms with Gasteiger partial charge in [0.2, 0.25) is 0 Å². The Balaban J connectivity index is 2.67. The van der Waals surface area contributed by atoms with Gasteiger partial charge in [0, 0.05) is 11.9 Å². The lowest BCUT2D eigenvalue weighted by atomic mass is 9.84. The fraction of sp³-hybridized carbons (Fsp3) is 0.348. The van der Waals surface area contributed by atoms with E-state index in [2.05, 4.69) is 76.2 Å². The molecular formula is C23H29N. The summed E-state index contributed by atoms with van der Waals surface area (Å²) in [5, 5.41) is 0. The van der Waals surface area contributed by atoms with Crippen molar-refractivity contribution < 1.29 is 0 Å². The summed E-state index contributed by atoms with van der Waals surface area (Å²) in [5.74, 6) is 0.188. The van der Waals surface area contributed by atoms with E-state index in [4.69, 9.17) is 4.99 Å². The summed E-state index contributed by atoms with van der Waals surface area (Å²) in [4.78, 5) is 4.75. The molecule has 1 nitrogen and oxygen atoms in total. The van der Waals surface area contributed by atoms with E-state index in [-0.39, 0.29) is 5.92 Å². The maximum atomic E-state index is 4.75. The van der Waals surface area contributed by atoms with Gasteiger partial charge in [0.15, 0.2) is 0 Å². The van der Waals surface area contributed by atoms with Gasteiger partial charge >= 0.3 is 0 Å². The van der Waals surface area contributed by atoms with E-state index >= 15 is 0 Å². The average Bonchev–Trinajstić information content (AvgIpc) is 2.57. The molecule has 0 aromatic heterocycles. The summed E-state index contributed by atoms with van der Waals surface area (Å²) >= 11 is 0. The lowest BCUT2D eigenvalue weighted by Gasteiger charge is -2.22. The van der Waals surface area contributed by atoms with Gasteiger partial charge < -0.3 is 0 Å². The highest BCUT2D eigenvalue weighted by Gasteiger charge is 2.21. The van der Waals surface area contributed by atoms with E-state index in [9.17, 15) is 0 Å². The Morgan fingerprint density at radius 2 is 1.83 bits per heavy atom. The molecule has 24 heavy (non-hydrogen) atoms. The van der Waals surface area contributed by atoms with Crippen LogP contribution in [0.25, 0.3) is 0 Å². The van der Waals surface area contributed by atoms with E-state index in [1.807, 2.05) is 13.1 Å². The first-order valence-electron chi connectivity index (χ1n) is 8.89. The minimum Gasteiger partial charge on any atom is -0.265 e. The molecule has 2 aromatic rings. The van der Waals surface area contributed by atoms with Gasteiger partial charge in [0.25, 0.3) is 0 Å². The molecule has 0 aliphatic rings. The molecule has 0 saturated heterocycles. The summed E-state index contributed by atoms with van der Waals surface area (Å²) in [7, 11) is 0. The molecule has 1 unspecified atom stereocenters. The first-order chi connectivity index (χ1) is 11.6. The Kier molecular flexibility index (Phi) is 6.54. The van der Waals surface area contributed by atoms with Crippen molar-refractivity contribution >= 4 is 6.21 Å². The maximum Gasteiger partial charge on any atom is 0.0512 e. The van der Waals surface area contributed by atoms with Crippen LogP contribution in [0.5, 0.6) is 0 Å². The zero-order valence-electron chi connectivity index (χ0n) is 15.6. The molecule has 0 aliphatic heterocycles. The zero-order chi connectivity index (χ0) is 17.5. The molecule has 0 saturated carbocycles.